The molecule has 3 atom stereocenters. The van der Waals surface area contributed by atoms with Crippen LogP contribution >= 0.6 is 0 Å². The van der Waals surface area contributed by atoms with Crippen LogP contribution in [0.3, 0.4) is 0 Å². The number of aromatic nitrogens is 3. The van der Waals surface area contributed by atoms with Gasteiger partial charge in [0.15, 0.2) is 0 Å². The molecule has 1 saturated heterocycles. The third kappa shape index (κ3) is 7.42. The minimum Gasteiger partial charge on any atom is -0.444 e. The van der Waals surface area contributed by atoms with Gasteiger partial charge in [0.05, 0.1) is 11.3 Å². The number of hydrogen-bond acceptors (Lipinski definition) is 8. The topological polar surface area (TPSA) is 119 Å². The molecule has 47 heavy (non-hydrogen) atoms. The Morgan fingerprint density at radius 2 is 1.85 bits per heavy atom. The van der Waals surface area contributed by atoms with E-state index in [2.05, 4.69) is 20.6 Å². The molecule has 1 saturated carbocycles. The number of likely N-dealkylation sites (tertiary alicyclic amines) is 1. The Labute approximate surface area is 271 Å². The first-order chi connectivity index (χ1) is 22.5. The number of carbonyl (C=O) groups is 2. The number of hydrogen-bond donors (Lipinski definition) is 2. The van der Waals surface area contributed by atoms with Crippen LogP contribution in [-0.2, 0) is 9.53 Å². The molecular weight excluding hydrogens is 606 g/mol. The highest BCUT2D eigenvalue weighted by molar-refractivity contribution is 6.05. The predicted octanol–water partition coefficient (Wildman–Crippen LogP) is 7.44. The molecule has 2 aromatic heterocycles. The third-order valence-corrected chi connectivity index (χ3v) is 8.27. The van der Waals surface area contributed by atoms with Crippen molar-refractivity contribution in [1.29, 1.82) is 0 Å². The SMILES string of the molecule is Cc1ccc2c(NC(=O)[C@@H]3C[C@H]3C(F)F)cccc2c1Oc1ncccc1-c1ccnc(N[C@H]2CCCN(C(=O)OC(C)(C)C)C2)n1. The normalized spacial score (nSPS) is 19.4. The number of amides is 2. The molecule has 0 unspecified atom stereocenters. The molecule has 246 valence electrons. The number of rotatable bonds is 8. The van der Waals surface area contributed by atoms with Crippen molar-refractivity contribution in [2.45, 2.75) is 65.0 Å². The van der Waals surface area contributed by atoms with Gasteiger partial charge in [-0.05, 0) is 76.8 Å². The van der Waals surface area contributed by atoms with Crippen molar-refractivity contribution in [3.8, 4) is 22.9 Å². The minimum absolute atomic E-state index is 0.0506. The van der Waals surface area contributed by atoms with Crippen LogP contribution in [0, 0.1) is 18.8 Å². The van der Waals surface area contributed by atoms with Gasteiger partial charge in [0.25, 0.3) is 0 Å². The van der Waals surface area contributed by atoms with Gasteiger partial charge < -0.3 is 25.0 Å². The molecule has 2 amide bonds. The van der Waals surface area contributed by atoms with Gasteiger partial charge >= 0.3 is 6.09 Å². The first-order valence-corrected chi connectivity index (χ1v) is 15.8. The van der Waals surface area contributed by atoms with Gasteiger partial charge in [-0.2, -0.15) is 0 Å². The second kappa shape index (κ2) is 13.1. The zero-order valence-corrected chi connectivity index (χ0v) is 26.8. The quantitative estimate of drug-likeness (QED) is 0.203. The number of aryl methyl sites for hydroxylation is 1. The van der Waals surface area contributed by atoms with Crippen LogP contribution in [0.15, 0.2) is 60.9 Å². The average Bonchev–Trinajstić information content (AvgIpc) is 3.84. The number of carbonyl (C=O) groups excluding carboxylic acids is 2. The smallest absolute Gasteiger partial charge is 0.410 e. The molecule has 0 bridgehead atoms. The van der Waals surface area contributed by atoms with Crippen LogP contribution < -0.4 is 15.4 Å². The number of ether oxygens (including phenoxy) is 2. The number of alkyl halides is 2. The number of nitrogens with one attached hydrogen (secondary N) is 2. The third-order valence-electron chi connectivity index (χ3n) is 8.27. The highest BCUT2D eigenvalue weighted by Gasteiger charge is 2.49. The highest BCUT2D eigenvalue weighted by Crippen LogP contribution is 2.44. The van der Waals surface area contributed by atoms with Crippen molar-refractivity contribution in [2.24, 2.45) is 11.8 Å². The van der Waals surface area contributed by atoms with E-state index in [1.54, 1.807) is 41.6 Å². The number of pyridine rings is 1. The van der Waals surface area contributed by atoms with E-state index in [1.807, 2.05) is 52.0 Å². The molecule has 4 aromatic rings. The van der Waals surface area contributed by atoms with Crippen LogP contribution in [0.2, 0.25) is 0 Å². The summed E-state index contributed by atoms with van der Waals surface area (Å²) in [5.41, 5.74) is 2.03. The lowest BCUT2D eigenvalue weighted by Gasteiger charge is -2.34. The maximum absolute atomic E-state index is 13.1. The van der Waals surface area contributed by atoms with Gasteiger partial charge in [-0.25, -0.2) is 28.5 Å². The fraction of sp³-hybridized carbons (Fsp3) is 0.400. The van der Waals surface area contributed by atoms with E-state index in [1.165, 1.54) is 0 Å². The van der Waals surface area contributed by atoms with Crippen molar-refractivity contribution in [3.05, 3.63) is 66.5 Å². The molecule has 1 aliphatic carbocycles. The zero-order chi connectivity index (χ0) is 33.3. The summed E-state index contributed by atoms with van der Waals surface area (Å²) in [6, 6.07) is 14.6. The summed E-state index contributed by atoms with van der Waals surface area (Å²) in [6.45, 7) is 8.57. The maximum atomic E-state index is 13.1. The van der Waals surface area contributed by atoms with Gasteiger partial charge in [0.2, 0.25) is 24.2 Å². The molecule has 1 aliphatic heterocycles. The molecule has 10 nitrogen and oxygen atoms in total. The number of halogens is 2. The van der Waals surface area contributed by atoms with Gasteiger partial charge in [0.1, 0.15) is 11.4 Å². The Hall–Kier alpha value is -4.87. The largest absolute Gasteiger partial charge is 0.444 e. The minimum atomic E-state index is -2.50. The van der Waals surface area contributed by atoms with Crippen LogP contribution in [0.25, 0.3) is 22.0 Å². The first-order valence-electron chi connectivity index (χ1n) is 15.8. The number of fused-ring (bicyclic) bond motifs is 1. The van der Waals surface area contributed by atoms with Crippen LogP contribution in [-0.4, -0.2) is 63.0 Å². The molecule has 2 N–H and O–H groups in total. The van der Waals surface area contributed by atoms with Crippen molar-refractivity contribution >= 4 is 34.4 Å². The lowest BCUT2D eigenvalue weighted by molar-refractivity contribution is -0.118. The summed E-state index contributed by atoms with van der Waals surface area (Å²) >= 11 is 0. The fourth-order valence-electron chi connectivity index (χ4n) is 5.82. The summed E-state index contributed by atoms with van der Waals surface area (Å²) < 4.78 is 38.2. The lowest BCUT2D eigenvalue weighted by atomic mass is 10.0. The summed E-state index contributed by atoms with van der Waals surface area (Å²) in [5, 5.41) is 7.67. The second-order valence-corrected chi connectivity index (χ2v) is 13.1. The summed E-state index contributed by atoms with van der Waals surface area (Å²) in [5.74, 6) is -0.685. The molecule has 0 radical (unpaired) electrons. The Kier molecular flexibility index (Phi) is 8.94. The van der Waals surface area contributed by atoms with E-state index in [-0.39, 0.29) is 18.6 Å². The lowest BCUT2D eigenvalue weighted by Crippen LogP contribution is -2.47. The Bertz CT molecular complexity index is 1800. The van der Waals surface area contributed by atoms with E-state index in [4.69, 9.17) is 14.5 Å². The Morgan fingerprint density at radius 1 is 1.02 bits per heavy atom. The highest BCUT2D eigenvalue weighted by atomic mass is 19.3. The fourth-order valence-corrected chi connectivity index (χ4v) is 5.82. The van der Waals surface area contributed by atoms with Crippen molar-refractivity contribution in [3.63, 3.8) is 0 Å². The maximum Gasteiger partial charge on any atom is 0.410 e. The molecular formula is C35H38F2N6O4. The molecule has 6 rings (SSSR count). The molecule has 2 aliphatic rings. The summed E-state index contributed by atoms with van der Waals surface area (Å²) in [6.07, 6.45) is 2.32. The van der Waals surface area contributed by atoms with Crippen LogP contribution in [0.4, 0.5) is 25.2 Å². The number of benzene rings is 2. The monoisotopic (exact) mass is 644 g/mol. The summed E-state index contributed by atoms with van der Waals surface area (Å²) in [7, 11) is 0. The molecule has 3 heterocycles. The number of nitrogens with zero attached hydrogens (tertiary/aromatic N) is 4. The molecule has 2 fully saturated rings. The summed E-state index contributed by atoms with van der Waals surface area (Å²) in [4.78, 5) is 40.8. The Balaban J connectivity index is 1.22. The van der Waals surface area contributed by atoms with Crippen molar-refractivity contribution < 1.29 is 27.8 Å². The van der Waals surface area contributed by atoms with Gasteiger partial charge in [-0.3, -0.25) is 4.79 Å². The van der Waals surface area contributed by atoms with Crippen LogP contribution in [0.5, 0.6) is 11.6 Å². The molecule has 0 spiro atoms. The predicted molar refractivity (Wildman–Crippen MR) is 175 cm³/mol. The van der Waals surface area contributed by atoms with Gasteiger partial charge in [-0.1, -0.05) is 24.3 Å². The standard InChI is InChI=1S/C35H38F2N6O4/c1-20-12-13-22-23(9-5-11-27(22)41-31(44)26-18-25(26)30(36)37)29(20)46-32-24(10-6-15-38-32)28-14-16-39-33(42-28)40-21-8-7-17-43(19-21)34(45)47-35(2,3)4/h5-6,9-16,21,25-26,30H,7-8,17-19H2,1-4H3,(H,41,44)(H,39,40,42)/t21-,25+,26+/m0/s1. The van der Waals surface area contributed by atoms with E-state index < -0.39 is 29.8 Å². The molecule has 12 heteroatoms. The zero-order valence-electron chi connectivity index (χ0n) is 26.8. The van der Waals surface area contributed by atoms with E-state index in [0.717, 1.165) is 29.2 Å². The van der Waals surface area contributed by atoms with Gasteiger partial charge in [0, 0.05) is 59.8 Å². The van der Waals surface area contributed by atoms with E-state index in [9.17, 15) is 18.4 Å². The molecule has 2 aromatic carbocycles. The van der Waals surface area contributed by atoms with Crippen molar-refractivity contribution in [1.82, 2.24) is 19.9 Å². The number of anilines is 2. The second-order valence-electron chi connectivity index (χ2n) is 13.1. The van der Waals surface area contributed by atoms with Crippen molar-refractivity contribution in [2.75, 3.05) is 23.7 Å². The average molecular weight is 645 g/mol. The number of piperidine rings is 1. The van der Waals surface area contributed by atoms with E-state index >= 15 is 0 Å². The van der Waals surface area contributed by atoms with Gasteiger partial charge in [-0.15, -0.1) is 0 Å². The Morgan fingerprint density at radius 3 is 2.62 bits per heavy atom. The van der Waals surface area contributed by atoms with E-state index in [0.29, 0.717) is 47.6 Å². The first kappa shape index (κ1) is 32.1. The van der Waals surface area contributed by atoms with Crippen LogP contribution in [0.1, 0.15) is 45.6 Å².